The molecular weight excluding hydrogens is 515 g/mol. The third-order valence-electron chi connectivity index (χ3n) is 8.23. The van der Waals surface area contributed by atoms with Crippen LogP contribution in [-0.2, 0) is 21.5 Å². The van der Waals surface area contributed by atoms with E-state index in [9.17, 15) is 19.2 Å². The number of nitriles is 1. The topological polar surface area (TPSA) is 69.3 Å². The molecule has 1 spiro atoms. The summed E-state index contributed by atoms with van der Waals surface area (Å²) in [6, 6.07) is 29.3. The van der Waals surface area contributed by atoms with E-state index in [1.807, 2.05) is 88.6 Å². The van der Waals surface area contributed by atoms with Gasteiger partial charge in [-0.05, 0) is 60.9 Å². The Morgan fingerprint density at radius 2 is 1.56 bits per heavy atom. The maximum Gasteiger partial charge on any atom is 0.248 e. The standard InChI is InChI=1S/C34H25FN4O2/c35-24-17-15-23(16-18-24)22-38-28-12-5-4-11-26(28)34(33(38)41)27(21-36)32(37-19-6-7-20-37)39(25-9-2-1-3-10-25)29-13-8-14-30(40)31(29)34/h1-7,9-12,15-20H,8,13-14,22H2/t34-/m0/s1. The summed E-state index contributed by atoms with van der Waals surface area (Å²) in [7, 11) is 0. The van der Waals surface area contributed by atoms with Crippen LogP contribution in [0.3, 0.4) is 0 Å². The minimum atomic E-state index is -1.61. The molecule has 0 unspecified atom stereocenters. The number of para-hydroxylation sites is 2. The number of halogens is 1. The molecule has 0 bridgehead atoms. The molecule has 3 aliphatic rings. The molecule has 0 saturated carbocycles. The van der Waals surface area contributed by atoms with Crippen molar-refractivity contribution in [2.75, 3.05) is 9.80 Å². The maximum absolute atomic E-state index is 15.0. The number of allylic oxidation sites excluding steroid dienone is 1. The molecule has 3 heterocycles. The first-order chi connectivity index (χ1) is 20.1. The van der Waals surface area contributed by atoms with Gasteiger partial charge < -0.3 is 9.47 Å². The molecule has 0 fully saturated rings. The number of benzene rings is 3. The summed E-state index contributed by atoms with van der Waals surface area (Å²) in [5.41, 5.74) is 2.51. The Balaban J connectivity index is 1.56. The van der Waals surface area contributed by atoms with Crippen molar-refractivity contribution in [2.24, 2.45) is 0 Å². The Morgan fingerprint density at radius 1 is 0.854 bits per heavy atom. The van der Waals surface area contributed by atoms with Crippen LogP contribution in [0.15, 0.2) is 120 Å². The summed E-state index contributed by atoms with van der Waals surface area (Å²) in [5.74, 6) is -0.304. The second-order valence-electron chi connectivity index (χ2n) is 10.5. The summed E-state index contributed by atoms with van der Waals surface area (Å²) in [6.07, 6.45) is 5.23. The van der Waals surface area contributed by atoms with Gasteiger partial charge in [-0.2, -0.15) is 5.26 Å². The first kappa shape index (κ1) is 24.8. The second-order valence-corrected chi connectivity index (χ2v) is 10.5. The highest BCUT2D eigenvalue weighted by Gasteiger charge is 2.62. The number of ketones is 1. The number of anilines is 2. The lowest BCUT2D eigenvalue weighted by molar-refractivity contribution is -0.124. The van der Waals surface area contributed by atoms with Gasteiger partial charge in [0.05, 0.1) is 12.1 Å². The van der Waals surface area contributed by atoms with Crippen molar-refractivity contribution in [3.8, 4) is 6.07 Å². The molecule has 0 saturated heterocycles. The van der Waals surface area contributed by atoms with Crippen molar-refractivity contribution in [1.29, 1.82) is 5.26 Å². The molecule has 3 aromatic carbocycles. The summed E-state index contributed by atoms with van der Waals surface area (Å²) in [5, 5.41) is 11.0. The highest BCUT2D eigenvalue weighted by atomic mass is 19.1. The Morgan fingerprint density at radius 3 is 2.29 bits per heavy atom. The lowest BCUT2D eigenvalue weighted by Crippen LogP contribution is -2.51. The zero-order valence-corrected chi connectivity index (χ0v) is 22.1. The molecule has 0 radical (unpaired) electrons. The van der Waals surface area contributed by atoms with E-state index >= 15 is 0 Å². The molecule has 6 nitrogen and oxygen atoms in total. The first-order valence-electron chi connectivity index (χ1n) is 13.6. The van der Waals surface area contributed by atoms with Gasteiger partial charge in [-0.1, -0.05) is 48.5 Å². The maximum atomic E-state index is 15.0. The normalized spacial score (nSPS) is 20.0. The summed E-state index contributed by atoms with van der Waals surface area (Å²) in [4.78, 5) is 32.7. The van der Waals surface area contributed by atoms with E-state index in [1.165, 1.54) is 12.1 Å². The predicted octanol–water partition coefficient (Wildman–Crippen LogP) is 6.33. The third-order valence-corrected chi connectivity index (χ3v) is 8.23. The monoisotopic (exact) mass is 540 g/mol. The van der Waals surface area contributed by atoms with Gasteiger partial charge in [0.25, 0.3) is 0 Å². The number of fused-ring (bicyclic) bond motifs is 3. The number of aromatic nitrogens is 1. The van der Waals surface area contributed by atoms with Gasteiger partial charge in [-0.15, -0.1) is 0 Å². The number of hydrogen-bond acceptors (Lipinski definition) is 4. The Bertz CT molecular complexity index is 1800. The van der Waals surface area contributed by atoms with Crippen LogP contribution in [0.4, 0.5) is 15.8 Å². The molecule has 1 atom stereocenters. The van der Waals surface area contributed by atoms with Crippen LogP contribution in [0.5, 0.6) is 0 Å². The molecule has 41 heavy (non-hydrogen) atoms. The highest BCUT2D eigenvalue weighted by Crippen LogP contribution is 2.58. The number of carbonyl (C=O) groups is 2. The van der Waals surface area contributed by atoms with E-state index < -0.39 is 5.41 Å². The predicted molar refractivity (Wildman–Crippen MR) is 154 cm³/mol. The van der Waals surface area contributed by atoms with Crippen LogP contribution in [-0.4, -0.2) is 16.3 Å². The van der Waals surface area contributed by atoms with Crippen LogP contribution in [0, 0.1) is 17.1 Å². The van der Waals surface area contributed by atoms with Gasteiger partial charge in [0.15, 0.2) is 5.78 Å². The molecule has 1 amide bonds. The van der Waals surface area contributed by atoms with Crippen LogP contribution < -0.4 is 9.80 Å². The fraction of sp³-hybridized carbons (Fsp3) is 0.147. The summed E-state index contributed by atoms with van der Waals surface area (Å²) < 4.78 is 15.6. The van der Waals surface area contributed by atoms with Gasteiger partial charge in [-0.3, -0.25) is 14.5 Å². The van der Waals surface area contributed by atoms with Crippen LogP contribution >= 0.6 is 0 Å². The van der Waals surface area contributed by atoms with Gasteiger partial charge in [0, 0.05) is 47.0 Å². The lowest BCUT2D eigenvalue weighted by Gasteiger charge is -2.45. The number of hydrogen-bond donors (Lipinski definition) is 0. The van der Waals surface area contributed by atoms with Crippen molar-refractivity contribution in [2.45, 2.75) is 31.2 Å². The summed E-state index contributed by atoms with van der Waals surface area (Å²) in [6.45, 7) is 0.175. The van der Waals surface area contributed by atoms with Crippen molar-refractivity contribution >= 4 is 28.9 Å². The van der Waals surface area contributed by atoms with Crippen molar-refractivity contribution in [3.05, 3.63) is 137 Å². The Kier molecular flexibility index (Phi) is 5.72. The minimum Gasteiger partial charge on any atom is -0.309 e. The first-order valence-corrected chi connectivity index (χ1v) is 13.6. The smallest absolute Gasteiger partial charge is 0.248 e. The molecule has 4 aromatic rings. The quantitative estimate of drug-likeness (QED) is 0.303. The largest absolute Gasteiger partial charge is 0.309 e. The fourth-order valence-corrected chi connectivity index (χ4v) is 6.58. The van der Waals surface area contributed by atoms with Gasteiger partial charge in [-0.25, -0.2) is 4.39 Å². The minimum absolute atomic E-state index is 0.127. The number of Topliss-reactive ketones (excluding diaryl/α,β-unsaturated/α-hetero) is 1. The summed E-state index contributed by atoms with van der Waals surface area (Å²) >= 11 is 0. The Hall–Kier alpha value is -5.22. The van der Waals surface area contributed by atoms with Crippen LogP contribution in [0.25, 0.3) is 5.82 Å². The average molecular weight is 541 g/mol. The number of rotatable bonds is 4. The van der Waals surface area contributed by atoms with E-state index in [0.717, 1.165) is 16.9 Å². The van der Waals surface area contributed by atoms with Crippen molar-refractivity contribution in [3.63, 3.8) is 0 Å². The van der Waals surface area contributed by atoms with Crippen LogP contribution in [0.2, 0.25) is 0 Å². The molecular formula is C34H25FN4O2. The van der Waals surface area contributed by atoms with E-state index in [0.29, 0.717) is 41.9 Å². The lowest BCUT2D eigenvalue weighted by atomic mass is 9.63. The molecule has 7 heteroatoms. The van der Waals surface area contributed by atoms with Gasteiger partial charge >= 0.3 is 0 Å². The fourth-order valence-electron chi connectivity index (χ4n) is 6.58. The molecule has 200 valence electrons. The van der Waals surface area contributed by atoms with Crippen molar-refractivity contribution < 1.29 is 14.0 Å². The van der Waals surface area contributed by atoms with E-state index in [-0.39, 0.29) is 29.6 Å². The molecule has 1 aromatic heterocycles. The SMILES string of the molecule is N#CC1=C(n2cccc2)N(c2ccccc2)C2=C(C(=O)CCC2)[C@@]12C(=O)N(Cc1ccc(F)cc1)c1ccccc12. The van der Waals surface area contributed by atoms with E-state index in [2.05, 4.69) is 6.07 Å². The number of amides is 1. The Labute approximate surface area is 236 Å². The molecule has 2 aliphatic heterocycles. The zero-order chi connectivity index (χ0) is 28.1. The molecule has 7 rings (SSSR count). The van der Waals surface area contributed by atoms with E-state index in [4.69, 9.17) is 0 Å². The zero-order valence-electron chi connectivity index (χ0n) is 22.1. The van der Waals surface area contributed by atoms with E-state index in [1.54, 1.807) is 17.0 Å². The van der Waals surface area contributed by atoms with Gasteiger partial charge in [0.1, 0.15) is 23.1 Å². The second kappa shape index (κ2) is 9.46. The van der Waals surface area contributed by atoms with Gasteiger partial charge in [0.2, 0.25) is 5.91 Å². The highest BCUT2D eigenvalue weighted by molar-refractivity contribution is 6.22. The van der Waals surface area contributed by atoms with Crippen LogP contribution in [0.1, 0.15) is 30.4 Å². The number of nitrogens with zero attached hydrogens (tertiary/aromatic N) is 4. The number of carbonyl (C=O) groups excluding carboxylic acids is 2. The van der Waals surface area contributed by atoms with Crippen molar-refractivity contribution in [1.82, 2.24) is 4.57 Å². The molecule has 0 N–H and O–H groups in total. The third kappa shape index (κ3) is 3.54. The molecule has 1 aliphatic carbocycles. The average Bonchev–Trinajstić information content (AvgIpc) is 3.61.